The standard InChI is InChI=1S/C27H26O5S.C22H18O3S.C16H13BrO2S.C16H13BrOS.C11H14O3.C2H3N/c1-18-6-8-19(9-7-18)27-26(23-15-14-22(29-2)17-24(23)33(27)28)32-21-12-10-20(11-13-21)31-25-5-3-4-16-30-25;1-14-3-5-15(6-4-14)22-21(25-17-9-7-16(23)8-10-17)19-12-11-18(24-2)13-20(19)26-22;1-10-3-5-11(6-4-10)16-15(17)13-8-7-12(19-2)9-14(13)20(16)18;1-10-3-5-11(6-4-10)16-15(17)13-8-7-12(18-2)9-14(13)19-16;12-9-4-6-10(7-5-9)14-11-3-1-2-8-13-11;1-2-3/h6-15,17,25H,3-5,16H2,1-2H3;3-13,23H,1-2H3;3-9H,1-2H3;3-9H,1-2H3;4-7,11-12H,1-3,8H2;1H3. The minimum Gasteiger partial charge on any atom is -0.508 e. The second-order valence-electron chi connectivity index (χ2n) is 27.0. The Kier molecular flexibility index (Phi) is 29.3. The SMILES string of the molecule is CC#N.COc1ccc2c(Br)c(-c3ccc(C)cc3)sc2c1.COc1ccc2c(Oc3ccc(O)cc3)c(-c3ccc(C)cc3)sc2c1.COc1ccc2c(c1)S(=O)C(c1ccc(C)cc1)=C2Br.COc1ccc2c(c1)S(=O)C(c1ccc(C)cc1)=C2Oc1ccc(OC2CCCCO2)cc1.Oc1ccc(OC2CCCCO2)cc1. The van der Waals surface area contributed by atoms with Crippen molar-refractivity contribution in [2.24, 2.45) is 0 Å². The van der Waals surface area contributed by atoms with E-state index in [9.17, 15) is 13.5 Å². The zero-order valence-corrected chi connectivity index (χ0v) is 71.5. The van der Waals surface area contributed by atoms with Crippen LogP contribution < -0.4 is 37.9 Å². The average Bonchev–Trinajstić information content (AvgIpc) is 1.63. The molecule has 2 N–H and O–H groups in total. The molecule has 4 aliphatic heterocycles. The van der Waals surface area contributed by atoms with E-state index in [1.807, 2.05) is 147 Å². The van der Waals surface area contributed by atoms with Crippen LogP contribution in [0.5, 0.6) is 63.2 Å². The van der Waals surface area contributed by atoms with E-state index < -0.39 is 21.6 Å². The van der Waals surface area contributed by atoms with Crippen molar-refractivity contribution in [2.75, 3.05) is 41.7 Å². The number of benzene rings is 11. The van der Waals surface area contributed by atoms with Crippen LogP contribution in [-0.4, -0.2) is 72.9 Å². The first-order valence-electron chi connectivity index (χ1n) is 37.2. The lowest BCUT2D eigenvalue weighted by molar-refractivity contribution is -0.106. The molecule has 17 rings (SSSR count). The van der Waals surface area contributed by atoms with Gasteiger partial charge in [0.05, 0.1) is 93.8 Å². The number of fused-ring (bicyclic) bond motifs is 4. The molecule has 115 heavy (non-hydrogen) atoms. The number of hydrogen-bond acceptors (Lipinski definition) is 17. The van der Waals surface area contributed by atoms with Crippen molar-refractivity contribution in [3.63, 3.8) is 0 Å². The summed E-state index contributed by atoms with van der Waals surface area (Å²) in [5.74, 6) is 7.82. The van der Waals surface area contributed by atoms with Crippen LogP contribution in [0, 0.1) is 39.0 Å². The molecule has 21 heteroatoms. The number of phenols is 2. The molecule has 0 aliphatic carbocycles. The Morgan fingerprint density at radius 1 is 0.417 bits per heavy atom. The molecule has 4 aliphatic rings. The second-order valence-corrected chi connectivity index (χ2v) is 33.4. The number of nitrogens with zero attached hydrogens (tertiary/aromatic N) is 1. The molecular formula is C94H87Br2NO14S4. The zero-order valence-electron chi connectivity index (χ0n) is 65.0. The number of methoxy groups -OCH3 is 4. The third kappa shape index (κ3) is 21.3. The van der Waals surface area contributed by atoms with Gasteiger partial charge in [-0.25, -0.2) is 8.42 Å². The van der Waals surface area contributed by atoms with E-state index in [1.54, 1.807) is 106 Å². The molecular weight excluding hydrogens is 1660 g/mol. The smallest absolute Gasteiger partial charge is 0.199 e. The van der Waals surface area contributed by atoms with Crippen molar-refractivity contribution in [1.82, 2.24) is 0 Å². The maximum atomic E-state index is 13.5. The van der Waals surface area contributed by atoms with Gasteiger partial charge in [-0.15, -0.1) is 22.7 Å². The summed E-state index contributed by atoms with van der Waals surface area (Å²) < 4.78 is 87.0. The van der Waals surface area contributed by atoms with Crippen molar-refractivity contribution >= 4 is 116 Å². The molecule has 2 saturated heterocycles. The summed E-state index contributed by atoms with van der Waals surface area (Å²) in [7, 11) is 4.02. The Morgan fingerprint density at radius 3 is 1.24 bits per heavy atom. The first kappa shape index (κ1) is 83.9. The molecule has 0 spiro atoms. The van der Waals surface area contributed by atoms with Crippen molar-refractivity contribution in [3.8, 4) is 90.2 Å². The molecule has 0 bridgehead atoms. The fourth-order valence-electron chi connectivity index (χ4n) is 12.6. The van der Waals surface area contributed by atoms with Crippen LogP contribution in [-0.2, 0) is 31.1 Å². The molecule has 0 radical (unpaired) electrons. The molecule has 13 aromatic rings. The lowest BCUT2D eigenvalue weighted by Crippen LogP contribution is -2.24. The molecule has 15 nitrogen and oxygen atoms in total. The van der Waals surface area contributed by atoms with E-state index in [1.165, 1.54) is 48.6 Å². The summed E-state index contributed by atoms with van der Waals surface area (Å²) >= 11 is 10.8. The number of hydrogen-bond donors (Lipinski definition) is 2. The third-order valence-corrected chi connectivity index (χ3v) is 26.4. The first-order chi connectivity index (χ1) is 55.8. The first-order valence-corrected chi connectivity index (χ1v) is 42.7. The minimum absolute atomic E-state index is 0.117. The summed E-state index contributed by atoms with van der Waals surface area (Å²) in [6.07, 6.45) is 6.01. The van der Waals surface area contributed by atoms with E-state index in [0.29, 0.717) is 32.8 Å². The van der Waals surface area contributed by atoms with E-state index >= 15 is 0 Å². The topological polar surface area (TPSA) is 191 Å². The largest absolute Gasteiger partial charge is 0.508 e. The Balaban J connectivity index is 0.000000135. The van der Waals surface area contributed by atoms with Gasteiger partial charge in [-0.1, -0.05) is 119 Å². The molecule has 6 heterocycles. The van der Waals surface area contributed by atoms with E-state index in [2.05, 4.69) is 106 Å². The normalized spacial score (nSPS) is 15.7. The summed E-state index contributed by atoms with van der Waals surface area (Å²) in [5.41, 5.74) is 10.8. The highest BCUT2D eigenvalue weighted by atomic mass is 79.9. The monoisotopic (exact) mass is 1740 g/mol. The molecule has 0 amide bonds. The summed E-state index contributed by atoms with van der Waals surface area (Å²) in [4.78, 5) is 5.31. The summed E-state index contributed by atoms with van der Waals surface area (Å²) in [6, 6.07) is 79.3. The molecule has 2 fully saturated rings. The molecule has 2 aromatic heterocycles. The summed E-state index contributed by atoms with van der Waals surface area (Å²) in [6.45, 7) is 11.2. The van der Waals surface area contributed by atoms with E-state index in [0.717, 1.165) is 149 Å². The quantitative estimate of drug-likeness (QED) is 0.0928. The number of aryl methyl sites for hydroxylation is 4. The number of halogens is 2. The average molecular weight is 1740 g/mol. The van der Waals surface area contributed by atoms with Crippen LogP contribution in [0.25, 0.3) is 61.1 Å². The van der Waals surface area contributed by atoms with Crippen molar-refractivity contribution < 1.29 is 66.0 Å². The van der Waals surface area contributed by atoms with Gasteiger partial charge in [0.15, 0.2) is 24.1 Å². The van der Waals surface area contributed by atoms with Gasteiger partial charge in [0.2, 0.25) is 0 Å². The molecule has 0 saturated carbocycles. The van der Waals surface area contributed by atoms with Crippen LogP contribution in [0.4, 0.5) is 0 Å². The molecule has 11 aromatic carbocycles. The van der Waals surface area contributed by atoms with Gasteiger partial charge in [0.1, 0.15) is 57.5 Å². The van der Waals surface area contributed by atoms with Gasteiger partial charge in [-0.3, -0.25) is 0 Å². The highest BCUT2D eigenvalue weighted by molar-refractivity contribution is 9.15. The van der Waals surface area contributed by atoms with Crippen LogP contribution in [0.2, 0.25) is 0 Å². The van der Waals surface area contributed by atoms with Crippen LogP contribution in [0.3, 0.4) is 0 Å². The highest BCUT2D eigenvalue weighted by Crippen LogP contribution is 2.50. The van der Waals surface area contributed by atoms with Gasteiger partial charge in [0, 0.05) is 64.9 Å². The number of aromatic hydroxyl groups is 2. The Labute approximate surface area is 701 Å². The highest BCUT2D eigenvalue weighted by Gasteiger charge is 2.33. The lowest BCUT2D eigenvalue weighted by atomic mass is 10.1. The predicted octanol–water partition coefficient (Wildman–Crippen LogP) is 25.1. The summed E-state index contributed by atoms with van der Waals surface area (Å²) in [5, 5.41) is 28.2. The molecule has 590 valence electrons. The minimum atomic E-state index is -1.38. The molecule has 4 unspecified atom stereocenters. The predicted molar refractivity (Wildman–Crippen MR) is 472 cm³/mol. The number of nitriles is 1. The third-order valence-electron chi connectivity index (χ3n) is 18.7. The second kappa shape index (κ2) is 40.2. The van der Waals surface area contributed by atoms with Gasteiger partial charge < -0.3 is 57.6 Å². The maximum Gasteiger partial charge on any atom is 0.199 e. The van der Waals surface area contributed by atoms with E-state index in [4.69, 9.17) is 57.7 Å². The van der Waals surface area contributed by atoms with Crippen molar-refractivity contribution in [2.45, 2.75) is 95.5 Å². The Morgan fingerprint density at radius 2 is 0.774 bits per heavy atom. The molecule has 4 atom stereocenters. The van der Waals surface area contributed by atoms with Gasteiger partial charge in [-0.05, 0) is 253 Å². The number of thiophene rings is 2. The van der Waals surface area contributed by atoms with Crippen LogP contribution in [0.15, 0.2) is 257 Å². The van der Waals surface area contributed by atoms with Gasteiger partial charge in [0.25, 0.3) is 0 Å². The number of phenolic OH excluding ortho intramolecular Hbond substituents is 2. The number of ether oxygens (including phenoxy) is 10. The maximum absolute atomic E-state index is 13.5. The Hall–Kier alpha value is -10.5. The zero-order chi connectivity index (χ0) is 81.1. The van der Waals surface area contributed by atoms with Crippen LogP contribution in [0.1, 0.15) is 90.0 Å². The van der Waals surface area contributed by atoms with Crippen molar-refractivity contribution in [3.05, 3.63) is 292 Å². The van der Waals surface area contributed by atoms with Gasteiger partial charge in [-0.2, -0.15) is 5.26 Å². The van der Waals surface area contributed by atoms with Gasteiger partial charge >= 0.3 is 0 Å². The van der Waals surface area contributed by atoms with Crippen LogP contribution >= 0.6 is 54.5 Å². The Bertz CT molecular complexity index is 5640. The van der Waals surface area contributed by atoms with E-state index in [-0.39, 0.29) is 24.1 Å². The van der Waals surface area contributed by atoms with Crippen molar-refractivity contribution in [1.29, 1.82) is 5.26 Å². The fourth-order valence-corrected chi connectivity index (χ4v) is 19.9. The fraction of sp³-hybridized carbons (Fsp3) is 0.202. The lowest BCUT2D eigenvalue weighted by Gasteiger charge is -2.23. The number of rotatable bonds is 16.